The Morgan fingerprint density at radius 3 is 2.68 bits per heavy atom. The number of aliphatic hydroxyl groups is 1. The van der Waals surface area contributed by atoms with Crippen LogP contribution in [0.4, 0.5) is 22.6 Å². The average Bonchev–Trinajstić information content (AvgIpc) is 3.50. The van der Waals surface area contributed by atoms with Crippen LogP contribution in [-0.4, -0.2) is 50.3 Å². The fourth-order valence-corrected chi connectivity index (χ4v) is 5.73. The van der Waals surface area contributed by atoms with E-state index in [1.807, 2.05) is 32.3 Å². The summed E-state index contributed by atoms with van der Waals surface area (Å²) in [6.45, 7) is 5.20. The number of hydrogen-bond acceptors (Lipinski definition) is 9. The fraction of sp³-hybridized carbons (Fsp3) is 0.520. The number of thiazole rings is 1. The lowest BCUT2D eigenvalue weighted by molar-refractivity contribution is 0.266. The molecule has 0 amide bonds. The average molecular weight is 480 g/mol. The first kappa shape index (κ1) is 23.0. The maximum atomic E-state index is 9.63. The summed E-state index contributed by atoms with van der Waals surface area (Å²) in [5.41, 5.74) is 3.95. The van der Waals surface area contributed by atoms with Gasteiger partial charge in [-0.05, 0) is 57.2 Å². The van der Waals surface area contributed by atoms with Crippen LogP contribution in [0.1, 0.15) is 56.2 Å². The summed E-state index contributed by atoms with van der Waals surface area (Å²) < 4.78 is 0. The molecule has 8 nitrogen and oxygen atoms in total. The second-order valence-electron chi connectivity index (χ2n) is 9.38. The molecule has 3 aromatic rings. The normalized spacial score (nSPS) is 18.9. The predicted octanol–water partition coefficient (Wildman–Crippen LogP) is 5.06. The summed E-state index contributed by atoms with van der Waals surface area (Å²) in [6, 6.07) is 4.80. The van der Waals surface area contributed by atoms with Crippen LogP contribution in [0.5, 0.6) is 0 Å². The summed E-state index contributed by atoms with van der Waals surface area (Å²) in [7, 11) is 0. The summed E-state index contributed by atoms with van der Waals surface area (Å²) >= 11 is 1.56. The molecule has 0 spiro atoms. The molecule has 1 saturated heterocycles. The topological polar surface area (TPSA) is 99.1 Å². The number of rotatable bonds is 7. The van der Waals surface area contributed by atoms with Gasteiger partial charge < -0.3 is 20.6 Å². The van der Waals surface area contributed by atoms with Gasteiger partial charge in [0.25, 0.3) is 0 Å². The quantitative estimate of drug-likeness (QED) is 0.432. The van der Waals surface area contributed by atoms with Crippen LogP contribution < -0.4 is 15.5 Å². The number of aliphatic hydroxyl groups excluding tert-OH is 1. The zero-order valence-electron chi connectivity index (χ0n) is 19.9. The minimum atomic E-state index is 0.182. The van der Waals surface area contributed by atoms with Crippen molar-refractivity contribution < 1.29 is 5.11 Å². The van der Waals surface area contributed by atoms with Crippen LogP contribution in [0, 0.1) is 13.8 Å². The van der Waals surface area contributed by atoms with Gasteiger partial charge in [-0.15, -0.1) is 0 Å². The highest BCUT2D eigenvalue weighted by Gasteiger charge is 2.24. The van der Waals surface area contributed by atoms with Crippen molar-refractivity contribution in [2.24, 2.45) is 0 Å². The van der Waals surface area contributed by atoms with Crippen LogP contribution in [0.3, 0.4) is 0 Å². The molecule has 0 unspecified atom stereocenters. The molecule has 0 bridgehead atoms. The van der Waals surface area contributed by atoms with E-state index < -0.39 is 0 Å². The molecule has 34 heavy (non-hydrogen) atoms. The van der Waals surface area contributed by atoms with Crippen molar-refractivity contribution in [3.8, 4) is 10.6 Å². The van der Waals surface area contributed by atoms with Crippen molar-refractivity contribution in [2.75, 3.05) is 28.7 Å². The van der Waals surface area contributed by atoms with E-state index in [0.29, 0.717) is 12.0 Å². The van der Waals surface area contributed by atoms with Gasteiger partial charge in [-0.25, -0.2) is 19.9 Å². The van der Waals surface area contributed by atoms with Gasteiger partial charge in [-0.1, -0.05) is 30.6 Å². The van der Waals surface area contributed by atoms with Crippen molar-refractivity contribution in [2.45, 2.75) is 70.9 Å². The third-order valence-corrected chi connectivity index (χ3v) is 7.69. The smallest absolute Gasteiger partial charge is 0.223 e. The lowest BCUT2D eigenvalue weighted by Gasteiger charge is -2.25. The Kier molecular flexibility index (Phi) is 6.92. The molecule has 1 aliphatic heterocycles. The SMILES string of the molecule is Cc1cc(-c2cnc(Nc3ncc(N4CCC[C@H]4CO)cc3C)s2)nc(NC2CCCCC2)n1. The zero-order chi connectivity index (χ0) is 23.5. The minimum Gasteiger partial charge on any atom is -0.394 e. The Balaban J connectivity index is 1.30. The minimum absolute atomic E-state index is 0.182. The molecule has 1 aliphatic carbocycles. The molecule has 5 rings (SSSR count). The molecule has 4 heterocycles. The molecule has 3 N–H and O–H groups in total. The number of anilines is 4. The fourth-order valence-electron chi connectivity index (χ4n) is 4.95. The number of nitrogens with zero attached hydrogens (tertiary/aromatic N) is 5. The van der Waals surface area contributed by atoms with Crippen molar-refractivity contribution in [3.05, 3.63) is 35.8 Å². The van der Waals surface area contributed by atoms with Gasteiger partial charge in [0.2, 0.25) is 5.95 Å². The molecule has 0 aromatic carbocycles. The highest BCUT2D eigenvalue weighted by atomic mass is 32.1. The van der Waals surface area contributed by atoms with E-state index in [1.165, 1.54) is 32.1 Å². The molecule has 9 heteroatoms. The highest BCUT2D eigenvalue weighted by Crippen LogP contribution is 2.32. The summed E-state index contributed by atoms with van der Waals surface area (Å²) in [4.78, 5) is 21.9. The first-order chi connectivity index (χ1) is 16.6. The van der Waals surface area contributed by atoms with E-state index in [-0.39, 0.29) is 12.6 Å². The van der Waals surface area contributed by atoms with Crippen molar-refractivity contribution in [1.29, 1.82) is 0 Å². The number of hydrogen-bond donors (Lipinski definition) is 3. The Morgan fingerprint density at radius 2 is 1.88 bits per heavy atom. The molecule has 2 aliphatic rings. The third kappa shape index (κ3) is 5.15. The Labute approximate surface area is 204 Å². The van der Waals surface area contributed by atoms with Gasteiger partial charge in [-0.2, -0.15) is 0 Å². The van der Waals surface area contributed by atoms with Crippen LogP contribution in [0.2, 0.25) is 0 Å². The van der Waals surface area contributed by atoms with E-state index in [4.69, 9.17) is 4.98 Å². The molecule has 3 aromatic heterocycles. The Hall–Kier alpha value is -2.78. The standard InChI is InChI=1S/C25H33N7OS/c1-16-11-20(32-10-6-9-19(32)15-33)13-26-23(16)31-25-27-14-22(34-25)21-12-17(2)28-24(30-21)29-18-7-4-3-5-8-18/h11-14,18-19,33H,3-10,15H2,1-2H3,(H,26,27,31)(H,28,29,30)/t19-/m0/s1. The van der Waals surface area contributed by atoms with Gasteiger partial charge in [-0.3, -0.25) is 0 Å². The van der Waals surface area contributed by atoms with Gasteiger partial charge >= 0.3 is 0 Å². The van der Waals surface area contributed by atoms with Crippen molar-refractivity contribution >= 4 is 33.9 Å². The highest BCUT2D eigenvalue weighted by molar-refractivity contribution is 7.18. The van der Waals surface area contributed by atoms with Crippen LogP contribution in [0.15, 0.2) is 24.5 Å². The second-order valence-corrected chi connectivity index (χ2v) is 10.4. The lowest BCUT2D eigenvalue weighted by atomic mass is 9.96. The van der Waals surface area contributed by atoms with E-state index in [9.17, 15) is 5.11 Å². The second kappa shape index (κ2) is 10.2. The Morgan fingerprint density at radius 1 is 1.03 bits per heavy atom. The number of pyridine rings is 1. The molecule has 1 atom stereocenters. The van der Waals surface area contributed by atoms with E-state index in [2.05, 4.69) is 36.6 Å². The van der Waals surface area contributed by atoms with Gasteiger partial charge in [0.1, 0.15) is 5.82 Å². The largest absolute Gasteiger partial charge is 0.394 e. The molecule has 180 valence electrons. The van der Waals surface area contributed by atoms with Gasteiger partial charge in [0.15, 0.2) is 5.13 Å². The number of aryl methyl sites for hydroxylation is 2. The van der Waals surface area contributed by atoms with E-state index in [0.717, 1.165) is 57.9 Å². The third-order valence-electron chi connectivity index (χ3n) is 6.76. The van der Waals surface area contributed by atoms with Gasteiger partial charge in [0.05, 0.1) is 35.1 Å². The van der Waals surface area contributed by atoms with E-state index >= 15 is 0 Å². The number of aromatic nitrogens is 4. The Bertz CT molecular complexity index is 1130. The lowest BCUT2D eigenvalue weighted by Crippen LogP contribution is -2.32. The molecule has 0 radical (unpaired) electrons. The van der Waals surface area contributed by atoms with Crippen molar-refractivity contribution in [1.82, 2.24) is 19.9 Å². The van der Waals surface area contributed by atoms with Crippen LogP contribution in [0.25, 0.3) is 10.6 Å². The summed E-state index contributed by atoms with van der Waals surface area (Å²) in [5.74, 6) is 1.50. The molecule has 1 saturated carbocycles. The predicted molar refractivity (Wildman–Crippen MR) is 138 cm³/mol. The molecule has 2 fully saturated rings. The van der Waals surface area contributed by atoms with Crippen LogP contribution >= 0.6 is 11.3 Å². The van der Waals surface area contributed by atoms with Crippen LogP contribution in [-0.2, 0) is 0 Å². The maximum absolute atomic E-state index is 9.63. The molecular weight excluding hydrogens is 446 g/mol. The molecular formula is C25H33N7OS. The summed E-state index contributed by atoms with van der Waals surface area (Å²) in [6.07, 6.45) is 12.1. The summed E-state index contributed by atoms with van der Waals surface area (Å²) in [5, 5.41) is 17.3. The number of nitrogens with one attached hydrogen (secondary N) is 2. The first-order valence-corrected chi connectivity index (χ1v) is 13.1. The van der Waals surface area contributed by atoms with Gasteiger partial charge in [0, 0.05) is 24.5 Å². The van der Waals surface area contributed by atoms with E-state index in [1.54, 1.807) is 11.3 Å². The maximum Gasteiger partial charge on any atom is 0.223 e. The first-order valence-electron chi connectivity index (χ1n) is 12.3. The zero-order valence-corrected chi connectivity index (χ0v) is 20.7. The monoisotopic (exact) mass is 479 g/mol. The van der Waals surface area contributed by atoms with Crippen molar-refractivity contribution in [3.63, 3.8) is 0 Å².